The van der Waals surface area contributed by atoms with Crippen molar-refractivity contribution in [3.05, 3.63) is 58.5 Å². The van der Waals surface area contributed by atoms with Crippen LogP contribution in [0.2, 0.25) is 5.02 Å². The van der Waals surface area contributed by atoms with Gasteiger partial charge in [0.2, 0.25) is 11.8 Å². The van der Waals surface area contributed by atoms with Crippen LogP contribution in [0.3, 0.4) is 0 Å². The minimum atomic E-state index is -0.348. The number of halogens is 2. The molecule has 11 heteroatoms. The summed E-state index contributed by atoms with van der Waals surface area (Å²) in [5.74, 6) is 0.665. The summed E-state index contributed by atoms with van der Waals surface area (Å²) in [6.45, 7) is 3.76. The number of nitrogens with one attached hydrogen (secondary N) is 1. The van der Waals surface area contributed by atoms with E-state index in [1.165, 1.54) is 12.3 Å². The Bertz CT molecular complexity index is 1570. The van der Waals surface area contributed by atoms with E-state index in [1.807, 2.05) is 19.2 Å². The second-order valence-electron chi connectivity index (χ2n) is 11.8. The number of hydrogen-bond acceptors (Lipinski definition) is 8. The highest BCUT2D eigenvalue weighted by molar-refractivity contribution is 6.31. The molecule has 1 saturated carbocycles. The van der Waals surface area contributed by atoms with Crippen LogP contribution in [-0.4, -0.2) is 73.1 Å². The van der Waals surface area contributed by atoms with Gasteiger partial charge in [0, 0.05) is 44.2 Å². The number of ether oxygens (including phenoxy) is 2. The summed E-state index contributed by atoms with van der Waals surface area (Å²) in [5.41, 5.74) is 2.39. The van der Waals surface area contributed by atoms with Crippen molar-refractivity contribution in [1.82, 2.24) is 19.8 Å². The number of fused-ring (bicyclic) bond motifs is 2. The van der Waals surface area contributed by atoms with E-state index in [1.54, 1.807) is 24.1 Å². The predicted octanol–water partition coefficient (Wildman–Crippen LogP) is 5.42. The van der Waals surface area contributed by atoms with Crippen molar-refractivity contribution in [1.29, 1.82) is 0 Å². The smallest absolute Gasteiger partial charge is 0.258 e. The number of hydrogen-bond donors (Lipinski definition) is 1. The highest BCUT2D eigenvalue weighted by atomic mass is 35.5. The molecule has 4 heterocycles. The molecule has 1 N–H and O–H groups in total. The van der Waals surface area contributed by atoms with Crippen molar-refractivity contribution in [2.24, 2.45) is 5.41 Å². The van der Waals surface area contributed by atoms with E-state index < -0.39 is 0 Å². The van der Waals surface area contributed by atoms with Crippen molar-refractivity contribution >= 4 is 34.8 Å². The molecule has 4 aliphatic rings. The summed E-state index contributed by atoms with van der Waals surface area (Å²) in [4.78, 5) is 28.1. The molecule has 7 rings (SSSR count). The Labute approximate surface area is 243 Å². The van der Waals surface area contributed by atoms with E-state index in [9.17, 15) is 4.79 Å². The first kappa shape index (κ1) is 26.3. The number of likely N-dealkylation sites (tertiary alicyclic amines) is 1. The van der Waals surface area contributed by atoms with Gasteiger partial charge in [-0.3, -0.25) is 4.79 Å². The zero-order chi connectivity index (χ0) is 28.5. The Morgan fingerprint density at radius 1 is 1.07 bits per heavy atom. The first-order valence-corrected chi connectivity index (χ1v) is 14.3. The van der Waals surface area contributed by atoms with Crippen molar-refractivity contribution in [2.75, 3.05) is 57.6 Å². The molecule has 1 aromatic heterocycles. The van der Waals surface area contributed by atoms with Crippen LogP contribution < -0.4 is 19.7 Å². The molecular weight excluding hydrogens is 547 g/mol. The minimum absolute atomic E-state index is 0.0826. The number of amides is 1. The summed E-state index contributed by atoms with van der Waals surface area (Å²) < 4.78 is 27.2. The molecule has 1 aliphatic carbocycles. The van der Waals surface area contributed by atoms with Gasteiger partial charge in [0.25, 0.3) is 5.91 Å². The van der Waals surface area contributed by atoms with Gasteiger partial charge in [0.15, 0.2) is 0 Å². The van der Waals surface area contributed by atoms with Crippen molar-refractivity contribution < 1.29 is 18.7 Å². The number of anilines is 3. The molecule has 0 bridgehead atoms. The summed E-state index contributed by atoms with van der Waals surface area (Å²) in [7, 11) is 5.52. The monoisotopic (exact) mass is 578 g/mol. The molecule has 9 nitrogen and oxygen atoms in total. The summed E-state index contributed by atoms with van der Waals surface area (Å²) in [6, 6.07) is 8.72. The molecule has 41 heavy (non-hydrogen) atoms. The molecule has 2 spiro atoms. The van der Waals surface area contributed by atoms with Crippen LogP contribution in [0.5, 0.6) is 17.4 Å². The lowest BCUT2D eigenvalue weighted by atomic mass is 9.86. The summed E-state index contributed by atoms with van der Waals surface area (Å²) in [6.07, 6.45) is 5.45. The zero-order valence-corrected chi connectivity index (χ0v) is 24.1. The van der Waals surface area contributed by atoms with Gasteiger partial charge in [0.1, 0.15) is 22.3 Å². The number of benzene rings is 2. The number of carbonyl (C=O) groups excluding carboxylic acids is 1. The van der Waals surface area contributed by atoms with Gasteiger partial charge in [-0.2, -0.15) is 4.98 Å². The van der Waals surface area contributed by atoms with Crippen LogP contribution in [0.4, 0.5) is 21.7 Å². The zero-order valence-electron chi connectivity index (χ0n) is 23.3. The molecule has 0 radical (unpaired) electrons. The van der Waals surface area contributed by atoms with E-state index in [2.05, 4.69) is 32.1 Å². The fourth-order valence-corrected chi connectivity index (χ4v) is 7.01. The van der Waals surface area contributed by atoms with E-state index in [0.717, 1.165) is 57.4 Å². The Morgan fingerprint density at radius 3 is 2.61 bits per heavy atom. The molecule has 1 amide bonds. The molecule has 2 aromatic carbocycles. The molecule has 3 aromatic rings. The Kier molecular flexibility index (Phi) is 6.06. The largest absolute Gasteiger partial charge is 0.494 e. The summed E-state index contributed by atoms with van der Waals surface area (Å²) >= 11 is 6.40. The minimum Gasteiger partial charge on any atom is -0.494 e. The second-order valence-corrected chi connectivity index (χ2v) is 12.2. The quantitative estimate of drug-likeness (QED) is 0.415. The lowest BCUT2D eigenvalue weighted by molar-refractivity contribution is 0.0753. The third-order valence-electron chi connectivity index (χ3n) is 9.25. The molecule has 3 fully saturated rings. The third-order valence-corrected chi connectivity index (χ3v) is 9.51. The van der Waals surface area contributed by atoms with Gasteiger partial charge in [-0.05, 0) is 50.9 Å². The standard InChI is InChI=1S/C30H32ClFN6O3/c1-36-11-9-29(16-36)10-12-38(17-29)22-14-24(40-3)21(13-20(22)32)34-28-33-15-19(31)26(35-28)41-23-6-4-5-18-25(23)27(39)37(2)30(18)7-8-30/h4-6,13-15H,7-12,16-17H2,1-3H3,(H,33,34,35). The first-order valence-electron chi connectivity index (χ1n) is 13.9. The van der Waals surface area contributed by atoms with E-state index >= 15 is 4.39 Å². The second kappa shape index (κ2) is 9.46. The lowest BCUT2D eigenvalue weighted by Gasteiger charge is -2.26. The molecule has 3 aliphatic heterocycles. The van der Waals surface area contributed by atoms with E-state index in [-0.39, 0.29) is 39.5 Å². The maximum Gasteiger partial charge on any atom is 0.258 e. The third kappa shape index (κ3) is 4.26. The Morgan fingerprint density at radius 2 is 1.88 bits per heavy atom. The normalized spacial score (nSPS) is 22.6. The van der Waals surface area contributed by atoms with Crippen LogP contribution in [0.15, 0.2) is 36.5 Å². The van der Waals surface area contributed by atoms with Gasteiger partial charge < -0.3 is 29.5 Å². The number of nitrogens with zero attached hydrogens (tertiary/aromatic N) is 5. The summed E-state index contributed by atoms with van der Waals surface area (Å²) in [5, 5.41) is 3.24. The van der Waals surface area contributed by atoms with Gasteiger partial charge in [-0.25, -0.2) is 9.37 Å². The van der Waals surface area contributed by atoms with Crippen LogP contribution in [0, 0.1) is 11.2 Å². The molecular formula is C30H32ClFN6O3. The molecule has 214 valence electrons. The predicted molar refractivity (Wildman–Crippen MR) is 154 cm³/mol. The fourth-order valence-electron chi connectivity index (χ4n) is 6.88. The van der Waals surface area contributed by atoms with Crippen molar-refractivity contribution in [2.45, 2.75) is 31.2 Å². The topological polar surface area (TPSA) is 83.1 Å². The highest BCUT2D eigenvalue weighted by Crippen LogP contribution is 2.57. The fraction of sp³-hybridized carbons (Fsp3) is 0.433. The average molecular weight is 579 g/mol. The first-order chi connectivity index (χ1) is 19.7. The van der Waals surface area contributed by atoms with E-state index in [4.69, 9.17) is 21.1 Å². The van der Waals surface area contributed by atoms with Crippen molar-refractivity contribution in [3.8, 4) is 17.4 Å². The Hall–Kier alpha value is -3.63. The maximum absolute atomic E-state index is 15.5. The average Bonchev–Trinajstić information content (AvgIpc) is 3.48. The SMILES string of the molecule is COc1cc(N2CCC3(CCN(C)C3)C2)c(F)cc1Nc1ncc(Cl)c(Oc2cccc3c2C(=O)N(C)C32CC2)n1. The van der Waals surface area contributed by atoms with E-state index in [0.29, 0.717) is 28.4 Å². The van der Waals surface area contributed by atoms with Crippen LogP contribution in [0.25, 0.3) is 0 Å². The van der Waals surface area contributed by atoms with Gasteiger partial charge in [-0.15, -0.1) is 0 Å². The van der Waals surface area contributed by atoms with Crippen LogP contribution in [0.1, 0.15) is 41.6 Å². The number of carbonyl (C=O) groups is 1. The molecule has 1 unspecified atom stereocenters. The highest BCUT2D eigenvalue weighted by Gasteiger charge is 2.57. The number of rotatable bonds is 6. The molecule has 2 saturated heterocycles. The van der Waals surface area contributed by atoms with Crippen LogP contribution in [-0.2, 0) is 5.54 Å². The molecule has 1 atom stereocenters. The maximum atomic E-state index is 15.5. The van der Waals surface area contributed by atoms with Crippen LogP contribution >= 0.6 is 11.6 Å². The van der Waals surface area contributed by atoms with Gasteiger partial charge in [-0.1, -0.05) is 23.7 Å². The number of methoxy groups -OCH3 is 1. The van der Waals surface area contributed by atoms with Gasteiger partial charge in [0.05, 0.1) is 35.8 Å². The van der Waals surface area contributed by atoms with Crippen molar-refractivity contribution in [3.63, 3.8) is 0 Å². The Balaban J connectivity index is 1.14. The lowest BCUT2D eigenvalue weighted by Crippen LogP contribution is -2.30. The number of aromatic nitrogens is 2. The van der Waals surface area contributed by atoms with Gasteiger partial charge >= 0.3 is 0 Å².